The molecule has 10 heteroatoms. The molecule has 0 aromatic heterocycles. The summed E-state index contributed by atoms with van der Waals surface area (Å²) in [6.45, 7) is 4.71. The summed E-state index contributed by atoms with van der Waals surface area (Å²) in [5.41, 5.74) is 0.785. The standard InChI is InChI=1S/C26H35N3O6S/c1-5-6-14-26(15-12-21(13-16-26)20-10-8-7-9-11-20)36(34,35)18-22(29(33)19-30)17-28-23(31)25(2,3)27(4)24(28)32/h7-13,15,19,22,33H,5-6,14,16-18H2,1-4H3. The van der Waals surface area contributed by atoms with E-state index in [2.05, 4.69) is 0 Å². The van der Waals surface area contributed by atoms with E-state index in [1.807, 2.05) is 49.4 Å². The molecule has 1 heterocycles. The highest BCUT2D eigenvalue weighted by atomic mass is 32.2. The fourth-order valence-corrected chi connectivity index (χ4v) is 6.79. The lowest BCUT2D eigenvalue weighted by Gasteiger charge is -2.35. The molecular weight excluding hydrogens is 482 g/mol. The molecule has 196 valence electrons. The number of benzene rings is 1. The van der Waals surface area contributed by atoms with Gasteiger partial charge in [0.2, 0.25) is 6.41 Å². The van der Waals surface area contributed by atoms with Gasteiger partial charge in [-0.05, 0) is 37.8 Å². The topological polar surface area (TPSA) is 115 Å². The van der Waals surface area contributed by atoms with Crippen LogP contribution in [0.3, 0.4) is 0 Å². The summed E-state index contributed by atoms with van der Waals surface area (Å²) >= 11 is 0. The summed E-state index contributed by atoms with van der Waals surface area (Å²) in [6.07, 6.45) is 7.60. The van der Waals surface area contributed by atoms with E-state index in [1.54, 1.807) is 19.9 Å². The molecule has 1 aliphatic heterocycles. The second-order valence-electron chi connectivity index (χ2n) is 9.97. The number of hydrogen-bond donors (Lipinski definition) is 1. The number of rotatable bonds is 11. The fourth-order valence-electron chi connectivity index (χ4n) is 4.62. The molecule has 2 aliphatic rings. The predicted molar refractivity (Wildman–Crippen MR) is 137 cm³/mol. The monoisotopic (exact) mass is 517 g/mol. The smallest absolute Gasteiger partial charge is 0.313 e. The Balaban J connectivity index is 1.90. The number of carbonyl (C=O) groups is 3. The average molecular weight is 518 g/mol. The van der Waals surface area contributed by atoms with E-state index < -0.39 is 50.4 Å². The van der Waals surface area contributed by atoms with Crippen molar-refractivity contribution in [3.8, 4) is 0 Å². The molecule has 2 atom stereocenters. The quantitative estimate of drug-likeness (QED) is 0.209. The number of amides is 4. The third kappa shape index (κ3) is 5.10. The first-order valence-electron chi connectivity index (χ1n) is 12.1. The van der Waals surface area contributed by atoms with E-state index in [1.165, 1.54) is 11.9 Å². The van der Waals surface area contributed by atoms with E-state index in [0.29, 0.717) is 12.8 Å². The molecule has 1 aromatic carbocycles. The fraction of sp³-hybridized carbons (Fsp3) is 0.500. The van der Waals surface area contributed by atoms with Gasteiger partial charge in [0.25, 0.3) is 5.91 Å². The zero-order valence-electron chi connectivity index (χ0n) is 21.3. The van der Waals surface area contributed by atoms with Crippen molar-refractivity contribution in [2.45, 2.75) is 62.8 Å². The molecule has 0 radical (unpaired) electrons. The molecule has 36 heavy (non-hydrogen) atoms. The van der Waals surface area contributed by atoms with Crippen LogP contribution in [0.25, 0.3) is 5.57 Å². The van der Waals surface area contributed by atoms with Gasteiger partial charge in [0.05, 0.1) is 23.1 Å². The first-order chi connectivity index (χ1) is 16.9. The number of likely N-dealkylation sites (N-methyl/N-ethyl adjacent to an activating group) is 1. The van der Waals surface area contributed by atoms with Gasteiger partial charge in [0.15, 0.2) is 9.84 Å². The SMILES string of the molecule is CCCCC1(S(=O)(=O)CC(CN2C(=O)N(C)C(C)(C)C2=O)N(O)C=O)C=CC(c2ccccc2)=CC1. The van der Waals surface area contributed by atoms with Crippen LogP contribution in [0.1, 0.15) is 52.0 Å². The molecule has 1 aliphatic carbocycles. The summed E-state index contributed by atoms with van der Waals surface area (Å²) < 4.78 is 26.5. The predicted octanol–water partition coefficient (Wildman–Crippen LogP) is 3.26. The lowest BCUT2D eigenvalue weighted by atomic mass is 9.89. The highest BCUT2D eigenvalue weighted by Crippen LogP contribution is 2.38. The number of hydroxylamine groups is 2. The maximum atomic E-state index is 13.9. The molecule has 0 spiro atoms. The number of sulfone groups is 1. The number of carbonyl (C=O) groups excluding carboxylic acids is 3. The van der Waals surface area contributed by atoms with Crippen LogP contribution in [0.5, 0.6) is 0 Å². The van der Waals surface area contributed by atoms with Gasteiger partial charge in [-0.25, -0.2) is 18.3 Å². The Bertz CT molecular complexity index is 1160. The summed E-state index contributed by atoms with van der Waals surface area (Å²) in [7, 11) is -2.47. The average Bonchev–Trinajstić information content (AvgIpc) is 3.01. The summed E-state index contributed by atoms with van der Waals surface area (Å²) in [5, 5.41) is 10.5. The number of unbranched alkanes of at least 4 members (excludes halogenated alkanes) is 1. The number of imide groups is 1. The lowest BCUT2D eigenvalue weighted by molar-refractivity contribution is -0.160. The minimum Gasteiger partial charge on any atom is -0.313 e. The van der Waals surface area contributed by atoms with Gasteiger partial charge in [-0.2, -0.15) is 0 Å². The second kappa shape index (κ2) is 10.6. The zero-order valence-corrected chi connectivity index (χ0v) is 22.1. The van der Waals surface area contributed by atoms with Crippen molar-refractivity contribution in [2.24, 2.45) is 0 Å². The van der Waals surface area contributed by atoms with Crippen LogP contribution in [0.2, 0.25) is 0 Å². The lowest BCUT2D eigenvalue weighted by Crippen LogP contribution is -2.51. The molecule has 4 amide bonds. The molecule has 1 N–H and O–H groups in total. The van der Waals surface area contributed by atoms with Crippen LogP contribution < -0.4 is 0 Å². The third-order valence-electron chi connectivity index (χ3n) is 7.33. The third-order valence-corrected chi connectivity index (χ3v) is 9.90. The summed E-state index contributed by atoms with van der Waals surface area (Å²) in [4.78, 5) is 39.1. The Morgan fingerprint density at radius 3 is 2.36 bits per heavy atom. The van der Waals surface area contributed by atoms with E-state index in [-0.39, 0.29) is 17.9 Å². The van der Waals surface area contributed by atoms with Crippen molar-refractivity contribution < 1.29 is 28.0 Å². The van der Waals surface area contributed by atoms with E-state index in [4.69, 9.17) is 0 Å². The second-order valence-corrected chi connectivity index (χ2v) is 12.3. The first kappa shape index (κ1) is 27.6. The molecule has 9 nitrogen and oxygen atoms in total. The normalized spacial score (nSPS) is 22.5. The van der Waals surface area contributed by atoms with Crippen LogP contribution in [-0.4, -0.2) is 82.5 Å². The summed E-state index contributed by atoms with van der Waals surface area (Å²) in [5.74, 6) is -1.13. The van der Waals surface area contributed by atoms with Crippen molar-refractivity contribution in [3.05, 3.63) is 54.1 Å². The molecular formula is C26H35N3O6S. The molecule has 2 unspecified atom stereocenters. The van der Waals surface area contributed by atoms with Gasteiger partial charge < -0.3 is 4.90 Å². The molecule has 1 fully saturated rings. The van der Waals surface area contributed by atoms with Crippen molar-refractivity contribution in [2.75, 3.05) is 19.3 Å². The maximum Gasteiger partial charge on any atom is 0.327 e. The van der Waals surface area contributed by atoms with Crippen molar-refractivity contribution in [1.29, 1.82) is 0 Å². The largest absolute Gasteiger partial charge is 0.327 e. The molecule has 1 aromatic rings. The number of allylic oxidation sites excluding steroid dienone is 3. The number of urea groups is 1. The van der Waals surface area contributed by atoms with Gasteiger partial charge in [0.1, 0.15) is 5.54 Å². The maximum absolute atomic E-state index is 13.9. The minimum atomic E-state index is -3.95. The molecule has 1 saturated heterocycles. The number of hydrogen-bond acceptors (Lipinski definition) is 6. The van der Waals surface area contributed by atoms with Crippen molar-refractivity contribution >= 4 is 33.8 Å². The Morgan fingerprint density at radius 1 is 1.19 bits per heavy atom. The van der Waals surface area contributed by atoms with Gasteiger partial charge in [0, 0.05) is 7.05 Å². The Labute approximate surface area is 212 Å². The van der Waals surface area contributed by atoms with E-state index >= 15 is 0 Å². The van der Waals surface area contributed by atoms with Gasteiger partial charge in [-0.3, -0.25) is 19.7 Å². The Kier molecular flexibility index (Phi) is 8.10. The van der Waals surface area contributed by atoms with Crippen LogP contribution in [0.15, 0.2) is 48.6 Å². The summed E-state index contributed by atoms with van der Waals surface area (Å²) in [6, 6.07) is 7.73. The number of nitrogens with zero attached hydrogens (tertiary/aromatic N) is 3. The molecule has 3 rings (SSSR count). The van der Waals surface area contributed by atoms with Crippen LogP contribution in [0, 0.1) is 0 Å². The van der Waals surface area contributed by atoms with E-state index in [0.717, 1.165) is 22.5 Å². The molecule has 0 saturated carbocycles. The van der Waals surface area contributed by atoms with Crippen LogP contribution in [0.4, 0.5) is 4.79 Å². The van der Waals surface area contributed by atoms with Gasteiger partial charge >= 0.3 is 6.03 Å². The zero-order chi connectivity index (χ0) is 26.7. The Hall–Kier alpha value is -2.98. The van der Waals surface area contributed by atoms with Crippen LogP contribution >= 0.6 is 0 Å². The van der Waals surface area contributed by atoms with Gasteiger partial charge in [-0.15, -0.1) is 0 Å². The minimum absolute atomic E-state index is 0.100. The van der Waals surface area contributed by atoms with Gasteiger partial charge in [-0.1, -0.05) is 68.3 Å². The van der Waals surface area contributed by atoms with Crippen LogP contribution in [-0.2, 0) is 19.4 Å². The highest BCUT2D eigenvalue weighted by Gasteiger charge is 2.51. The van der Waals surface area contributed by atoms with E-state index in [9.17, 15) is 28.0 Å². The molecule has 0 bridgehead atoms. The van der Waals surface area contributed by atoms with Crippen molar-refractivity contribution in [3.63, 3.8) is 0 Å². The Morgan fingerprint density at radius 2 is 1.86 bits per heavy atom. The highest BCUT2D eigenvalue weighted by molar-refractivity contribution is 7.93. The first-order valence-corrected chi connectivity index (χ1v) is 13.7. The van der Waals surface area contributed by atoms with Crippen molar-refractivity contribution in [1.82, 2.24) is 14.9 Å².